The monoisotopic (exact) mass is 141 g/mol. The number of hydrogen-bond donors (Lipinski definition) is 1. The molecule has 0 saturated heterocycles. The van der Waals surface area contributed by atoms with Crippen LogP contribution in [0.5, 0.6) is 0 Å². The Bertz CT molecular complexity index is 161. The highest BCUT2D eigenvalue weighted by Gasteiger charge is 2.08. The average molecular weight is 141 g/mol. The lowest BCUT2D eigenvalue weighted by Crippen LogP contribution is -2.18. The summed E-state index contributed by atoms with van der Waals surface area (Å²) in [6.45, 7) is 0.859. The van der Waals surface area contributed by atoms with E-state index < -0.39 is 0 Å². The van der Waals surface area contributed by atoms with Gasteiger partial charge in [-0.3, -0.25) is 0 Å². The maximum Gasteiger partial charge on any atom is 0.101 e. The minimum Gasteiger partial charge on any atom is -0.319 e. The summed E-state index contributed by atoms with van der Waals surface area (Å²) < 4.78 is 12.5. The van der Waals surface area contributed by atoms with E-state index in [4.69, 9.17) is 0 Å². The van der Waals surface area contributed by atoms with E-state index in [2.05, 4.69) is 5.32 Å². The van der Waals surface area contributed by atoms with Crippen molar-refractivity contribution < 1.29 is 4.39 Å². The van der Waals surface area contributed by atoms with Gasteiger partial charge in [-0.1, -0.05) is 12.2 Å². The lowest BCUT2D eigenvalue weighted by molar-refractivity contribution is 0.498. The number of rotatable bonds is 2. The van der Waals surface area contributed by atoms with Crippen LogP contribution in [0, 0.1) is 5.92 Å². The van der Waals surface area contributed by atoms with E-state index in [9.17, 15) is 4.39 Å². The zero-order valence-corrected chi connectivity index (χ0v) is 6.10. The van der Waals surface area contributed by atoms with Crippen LogP contribution in [-0.4, -0.2) is 13.6 Å². The highest BCUT2D eigenvalue weighted by molar-refractivity contribution is 5.15. The predicted octanol–water partition coefficient (Wildman–Crippen LogP) is 1.64. The third-order valence-electron chi connectivity index (χ3n) is 1.58. The van der Waals surface area contributed by atoms with Crippen molar-refractivity contribution in [1.82, 2.24) is 5.32 Å². The van der Waals surface area contributed by atoms with E-state index in [-0.39, 0.29) is 5.83 Å². The summed E-state index contributed by atoms with van der Waals surface area (Å²) in [5.74, 6) is 0.331. The number of allylic oxidation sites excluding steroid dienone is 3. The fourth-order valence-electron chi connectivity index (χ4n) is 1.11. The molecule has 0 aromatic heterocycles. The number of hydrogen-bond acceptors (Lipinski definition) is 1. The molecule has 1 atom stereocenters. The van der Waals surface area contributed by atoms with Gasteiger partial charge in [-0.15, -0.1) is 0 Å². The fourth-order valence-corrected chi connectivity index (χ4v) is 1.11. The molecule has 0 spiro atoms. The Morgan fingerprint density at radius 2 is 2.60 bits per heavy atom. The highest BCUT2D eigenvalue weighted by Crippen LogP contribution is 2.18. The normalized spacial score (nSPS) is 24.6. The Hall–Kier alpha value is -0.630. The number of halogens is 1. The molecule has 0 fully saturated rings. The third kappa shape index (κ3) is 1.95. The number of nitrogens with one attached hydrogen (secondary N) is 1. The summed E-state index contributed by atoms with van der Waals surface area (Å²) in [6.07, 6.45) is 5.88. The lowest BCUT2D eigenvalue weighted by atomic mass is 10.0. The van der Waals surface area contributed by atoms with E-state index in [0.29, 0.717) is 12.3 Å². The van der Waals surface area contributed by atoms with Gasteiger partial charge in [0.25, 0.3) is 0 Å². The minimum atomic E-state index is -0.0113. The van der Waals surface area contributed by atoms with E-state index >= 15 is 0 Å². The molecule has 0 aliphatic heterocycles. The Balaban J connectivity index is 2.39. The summed E-state index contributed by atoms with van der Waals surface area (Å²) in [5.41, 5.74) is 0. The van der Waals surface area contributed by atoms with Gasteiger partial charge in [-0.2, -0.15) is 0 Å². The molecule has 1 rings (SSSR count). The van der Waals surface area contributed by atoms with Crippen LogP contribution in [0.4, 0.5) is 4.39 Å². The molecule has 0 amide bonds. The van der Waals surface area contributed by atoms with Crippen LogP contribution in [0.15, 0.2) is 24.1 Å². The molecule has 0 radical (unpaired) electrons. The minimum absolute atomic E-state index is 0.0113. The van der Waals surface area contributed by atoms with Crippen molar-refractivity contribution in [3.8, 4) is 0 Å². The van der Waals surface area contributed by atoms with Crippen molar-refractivity contribution in [3.63, 3.8) is 0 Å². The summed E-state index contributed by atoms with van der Waals surface area (Å²) in [6, 6.07) is 0. The maximum atomic E-state index is 12.5. The van der Waals surface area contributed by atoms with Gasteiger partial charge in [0.2, 0.25) is 0 Å². The van der Waals surface area contributed by atoms with Crippen LogP contribution < -0.4 is 5.32 Å². The quantitative estimate of drug-likeness (QED) is 0.616. The standard InChI is InChI=1S/C8H12FN/c1-10-6-7-3-2-4-8(9)5-7/h2-4,7,10H,5-6H2,1H3. The molecule has 56 valence electrons. The van der Waals surface area contributed by atoms with Crippen LogP contribution in [0.1, 0.15) is 6.42 Å². The molecule has 1 unspecified atom stereocenters. The molecule has 0 aromatic carbocycles. The van der Waals surface area contributed by atoms with Gasteiger partial charge in [-0.25, -0.2) is 4.39 Å². The van der Waals surface area contributed by atoms with Crippen LogP contribution in [-0.2, 0) is 0 Å². The first-order valence-electron chi connectivity index (χ1n) is 3.50. The zero-order valence-electron chi connectivity index (χ0n) is 6.10. The largest absolute Gasteiger partial charge is 0.319 e. The van der Waals surface area contributed by atoms with E-state index in [1.165, 1.54) is 6.08 Å². The molecule has 1 nitrogen and oxygen atoms in total. The molecule has 0 heterocycles. The molecule has 1 aliphatic carbocycles. The lowest BCUT2D eigenvalue weighted by Gasteiger charge is -2.12. The van der Waals surface area contributed by atoms with Crippen LogP contribution >= 0.6 is 0 Å². The molecular weight excluding hydrogens is 129 g/mol. The van der Waals surface area contributed by atoms with Crippen molar-refractivity contribution in [3.05, 3.63) is 24.1 Å². The van der Waals surface area contributed by atoms with Gasteiger partial charge in [0, 0.05) is 13.0 Å². The second-order valence-electron chi connectivity index (χ2n) is 2.52. The molecular formula is C8H12FN. The molecule has 0 aromatic rings. The van der Waals surface area contributed by atoms with Crippen molar-refractivity contribution in [2.24, 2.45) is 5.92 Å². The summed E-state index contributed by atoms with van der Waals surface area (Å²) in [7, 11) is 1.88. The van der Waals surface area contributed by atoms with Gasteiger partial charge in [0.15, 0.2) is 0 Å². The Morgan fingerprint density at radius 3 is 3.20 bits per heavy atom. The average Bonchev–Trinajstić information content (AvgIpc) is 1.88. The fraction of sp³-hybridized carbons (Fsp3) is 0.500. The molecule has 1 aliphatic rings. The van der Waals surface area contributed by atoms with Crippen molar-refractivity contribution in [2.45, 2.75) is 6.42 Å². The first-order valence-corrected chi connectivity index (χ1v) is 3.50. The van der Waals surface area contributed by atoms with E-state index in [0.717, 1.165) is 6.54 Å². The molecule has 0 bridgehead atoms. The highest BCUT2D eigenvalue weighted by atomic mass is 19.1. The molecule has 0 saturated carbocycles. The predicted molar refractivity (Wildman–Crippen MR) is 40.4 cm³/mol. The van der Waals surface area contributed by atoms with Crippen molar-refractivity contribution in [2.75, 3.05) is 13.6 Å². The molecule has 1 N–H and O–H groups in total. The first-order chi connectivity index (χ1) is 4.83. The Morgan fingerprint density at radius 1 is 1.80 bits per heavy atom. The third-order valence-corrected chi connectivity index (χ3v) is 1.58. The van der Waals surface area contributed by atoms with Gasteiger partial charge < -0.3 is 5.32 Å². The second-order valence-corrected chi connectivity index (χ2v) is 2.52. The zero-order chi connectivity index (χ0) is 7.40. The summed E-state index contributed by atoms with van der Waals surface area (Å²) in [4.78, 5) is 0. The topological polar surface area (TPSA) is 12.0 Å². The molecule has 2 heteroatoms. The Kier molecular flexibility index (Phi) is 2.63. The molecule has 10 heavy (non-hydrogen) atoms. The first kappa shape index (κ1) is 7.48. The van der Waals surface area contributed by atoms with Crippen molar-refractivity contribution in [1.29, 1.82) is 0 Å². The van der Waals surface area contributed by atoms with Crippen LogP contribution in [0.3, 0.4) is 0 Å². The van der Waals surface area contributed by atoms with E-state index in [1.807, 2.05) is 13.1 Å². The van der Waals surface area contributed by atoms with Crippen molar-refractivity contribution >= 4 is 0 Å². The smallest absolute Gasteiger partial charge is 0.101 e. The van der Waals surface area contributed by atoms with E-state index in [1.54, 1.807) is 6.08 Å². The maximum absolute atomic E-state index is 12.5. The van der Waals surface area contributed by atoms with Gasteiger partial charge >= 0.3 is 0 Å². The van der Waals surface area contributed by atoms with Gasteiger partial charge in [0.05, 0.1) is 0 Å². The Labute approximate surface area is 60.6 Å². The van der Waals surface area contributed by atoms with Crippen LogP contribution in [0.2, 0.25) is 0 Å². The van der Waals surface area contributed by atoms with Gasteiger partial charge in [-0.05, 0) is 19.0 Å². The summed E-state index contributed by atoms with van der Waals surface area (Å²) in [5, 5.41) is 3.01. The van der Waals surface area contributed by atoms with Crippen LogP contribution in [0.25, 0.3) is 0 Å². The van der Waals surface area contributed by atoms with Gasteiger partial charge in [0.1, 0.15) is 5.83 Å². The summed E-state index contributed by atoms with van der Waals surface area (Å²) >= 11 is 0. The second kappa shape index (κ2) is 3.52. The SMILES string of the molecule is CNCC1C=CC=C(F)C1.